The third-order valence-corrected chi connectivity index (χ3v) is 7.77. The number of fused-ring (bicyclic) bond motifs is 2. The Morgan fingerprint density at radius 2 is 1.69 bits per heavy atom. The minimum atomic E-state index is -0.691. The summed E-state index contributed by atoms with van der Waals surface area (Å²) in [6.07, 6.45) is 2.35. The average Bonchev–Trinajstić information content (AvgIpc) is 2.87. The van der Waals surface area contributed by atoms with Crippen LogP contribution in [-0.2, 0) is 16.0 Å². The van der Waals surface area contributed by atoms with Crippen LogP contribution in [0.2, 0.25) is 5.02 Å². The maximum absolute atomic E-state index is 13.6. The van der Waals surface area contributed by atoms with Crippen molar-refractivity contribution in [1.82, 2.24) is 0 Å². The number of carbonyl (C=O) groups is 2. The van der Waals surface area contributed by atoms with E-state index in [2.05, 4.69) is 27.7 Å². The predicted molar refractivity (Wildman–Crippen MR) is 115 cm³/mol. The SMILES string of the molecule is CCc1ccc(Oc2ccc(Cl)cc2)cc1C1C(=O)[C@@H]2CC[C@](C)(C1=O)C2(C)C. The second-order valence-corrected chi connectivity index (χ2v) is 9.55. The lowest BCUT2D eigenvalue weighted by atomic mass is 9.54. The highest BCUT2D eigenvalue weighted by atomic mass is 35.5. The van der Waals surface area contributed by atoms with Gasteiger partial charge < -0.3 is 4.74 Å². The first kappa shape index (κ1) is 20.2. The average molecular weight is 411 g/mol. The smallest absolute Gasteiger partial charge is 0.154 e. The molecule has 0 aliphatic heterocycles. The lowest BCUT2D eigenvalue weighted by Gasteiger charge is -2.46. The number of aryl methyl sites for hydroxylation is 1. The highest BCUT2D eigenvalue weighted by Crippen LogP contribution is 2.62. The molecular weight excluding hydrogens is 384 g/mol. The van der Waals surface area contributed by atoms with Crippen molar-refractivity contribution in [2.45, 2.75) is 52.9 Å². The summed E-state index contributed by atoms with van der Waals surface area (Å²) in [5, 5.41) is 0.643. The largest absolute Gasteiger partial charge is 0.457 e. The number of hydrogen-bond donors (Lipinski definition) is 0. The second-order valence-electron chi connectivity index (χ2n) is 9.11. The van der Waals surface area contributed by atoms with E-state index in [9.17, 15) is 9.59 Å². The molecule has 2 saturated carbocycles. The highest BCUT2D eigenvalue weighted by Gasteiger charge is 2.64. The van der Waals surface area contributed by atoms with Crippen molar-refractivity contribution >= 4 is 23.2 Å². The quantitative estimate of drug-likeness (QED) is 0.550. The number of ether oxygens (including phenoxy) is 1. The molecule has 0 spiro atoms. The molecule has 2 aromatic rings. The van der Waals surface area contributed by atoms with E-state index in [4.69, 9.17) is 16.3 Å². The molecule has 2 aliphatic carbocycles. The maximum atomic E-state index is 13.6. The molecule has 0 heterocycles. The van der Waals surface area contributed by atoms with Gasteiger partial charge in [-0.3, -0.25) is 9.59 Å². The first-order chi connectivity index (χ1) is 13.7. The van der Waals surface area contributed by atoms with Crippen LogP contribution >= 0.6 is 11.6 Å². The zero-order valence-corrected chi connectivity index (χ0v) is 18.2. The summed E-state index contributed by atoms with van der Waals surface area (Å²) in [6, 6.07) is 12.9. The van der Waals surface area contributed by atoms with Crippen LogP contribution in [0.5, 0.6) is 11.5 Å². The van der Waals surface area contributed by atoms with Crippen molar-refractivity contribution in [3.63, 3.8) is 0 Å². The summed E-state index contributed by atoms with van der Waals surface area (Å²) >= 11 is 5.95. The van der Waals surface area contributed by atoms with E-state index in [1.807, 2.05) is 18.2 Å². The van der Waals surface area contributed by atoms with Gasteiger partial charge in [0.2, 0.25) is 0 Å². The molecule has 2 fully saturated rings. The summed E-state index contributed by atoms with van der Waals surface area (Å²) in [4.78, 5) is 27.1. The summed E-state index contributed by atoms with van der Waals surface area (Å²) in [5.41, 5.74) is 1.08. The monoisotopic (exact) mass is 410 g/mol. The van der Waals surface area contributed by atoms with Crippen LogP contribution in [0, 0.1) is 16.7 Å². The molecule has 4 rings (SSSR count). The number of carbonyl (C=O) groups excluding carboxylic acids is 2. The Morgan fingerprint density at radius 3 is 2.34 bits per heavy atom. The molecule has 3 atom stereocenters. The van der Waals surface area contributed by atoms with Gasteiger partial charge in [-0.15, -0.1) is 0 Å². The molecule has 2 aromatic carbocycles. The second kappa shape index (κ2) is 6.98. The van der Waals surface area contributed by atoms with Crippen LogP contribution < -0.4 is 4.74 Å². The number of rotatable bonds is 4. The van der Waals surface area contributed by atoms with Crippen molar-refractivity contribution in [1.29, 1.82) is 0 Å². The van der Waals surface area contributed by atoms with E-state index in [-0.39, 0.29) is 22.9 Å². The van der Waals surface area contributed by atoms with Gasteiger partial charge in [0.1, 0.15) is 17.4 Å². The van der Waals surface area contributed by atoms with Crippen molar-refractivity contribution in [2.75, 3.05) is 0 Å². The van der Waals surface area contributed by atoms with Gasteiger partial charge >= 0.3 is 0 Å². The van der Waals surface area contributed by atoms with E-state index in [0.717, 1.165) is 30.4 Å². The van der Waals surface area contributed by atoms with E-state index in [1.54, 1.807) is 24.3 Å². The Morgan fingerprint density at radius 1 is 1.03 bits per heavy atom. The van der Waals surface area contributed by atoms with E-state index >= 15 is 0 Å². The molecule has 2 bridgehead atoms. The minimum absolute atomic E-state index is 0.0688. The van der Waals surface area contributed by atoms with Gasteiger partial charge in [-0.25, -0.2) is 0 Å². The van der Waals surface area contributed by atoms with Gasteiger partial charge in [0.15, 0.2) is 11.6 Å². The summed E-state index contributed by atoms with van der Waals surface area (Å²) < 4.78 is 5.99. The maximum Gasteiger partial charge on any atom is 0.154 e. The Hall–Kier alpha value is -2.13. The third-order valence-electron chi connectivity index (χ3n) is 7.52. The van der Waals surface area contributed by atoms with E-state index in [1.165, 1.54) is 0 Å². The molecule has 0 amide bonds. The van der Waals surface area contributed by atoms with Gasteiger partial charge in [0, 0.05) is 16.4 Å². The van der Waals surface area contributed by atoms with Crippen molar-refractivity contribution in [3.8, 4) is 11.5 Å². The van der Waals surface area contributed by atoms with E-state index < -0.39 is 11.3 Å². The lowest BCUT2D eigenvalue weighted by Crippen LogP contribution is -2.52. The molecular formula is C25H27ClO3. The van der Waals surface area contributed by atoms with Crippen LogP contribution in [0.15, 0.2) is 42.5 Å². The first-order valence-corrected chi connectivity index (χ1v) is 10.7. The normalized spacial score (nSPS) is 27.9. The van der Waals surface area contributed by atoms with Crippen LogP contribution in [0.25, 0.3) is 0 Å². The summed E-state index contributed by atoms with van der Waals surface area (Å²) in [6.45, 7) is 8.26. The standard InChI is InChI=1S/C25H27ClO3/c1-5-15-6-9-18(29-17-10-7-16(26)8-11-17)14-19(15)21-22(27)20-12-13-25(4,23(21)28)24(20,2)3/h6-11,14,20-21H,5,12-13H2,1-4H3/t20-,21?,25+/m0/s1. The molecule has 4 heteroatoms. The Balaban J connectivity index is 1.75. The Bertz CT molecular complexity index is 976. The molecule has 2 aliphatic rings. The molecule has 152 valence electrons. The van der Waals surface area contributed by atoms with E-state index in [0.29, 0.717) is 16.5 Å². The van der Waals surface area contributed by atoms with Gasteiger partial charge in [-0.1, -0.05) is 45.4 Å². The van der Waals surface area contributed by atoms with Crippen molar-refractivity contribution in [2.24, 2.45) is 16.7 Å². The Labute approximate surface area is 177 Å². The fourth-order valence-electron chi connectivity index (χ4n) is 5.25. The fourth-order valence-corrected chi connectivity index (χ4v) is 5.37. The van der Waals surface area contributed by atoms with Gasteiger partial charge in [0.05, 0.1) is 0 Å². The zero-order chi connectivity index (χ0) is 21.0. The highest BCUT2D eigenvalue weighted by molar-refractivity contribution is 6.30. The van der Waals surface area contributed by atoms with Gasteiger partial charge in [0.25, 0.3) is 0 Å². The van der Waals surface area contributed by atoms with Crippen LogP contribution in [0.3, 0.4) is 0 Å². The van der Waals surface area contributed by atoms with Crippen molar-refractivity contribution in [3.05, 3.63) is 58.6 Å². The predicted octanol–water partition coefficient (Wildman–Crippen LogP) is 6.37. The zero-order valence-electron chi connectivity index (χ0n) is 17.4. The first-order valence-electron chi connectivity index (χ1n) is 10.3. The molecule has 0 aromatic heterocycles. The molecule has 0 saturated heterocycles. The molecule has 3 nitrogen and oxygen atoms in total. The number of Topliss-reactive ketones (excluding diaryl/α,β-unsaturated/α-hetero) is 2. The number of ketones is 2. The number of halogens is 1. The Kier molecular flexibility index (Phi) is 4.85. The van der Waals surface area contributed by atoms with Crippen LogP contribution in [-0.4, -0.2) is 11.6 Å². The number of hydrogen-bond acceptors (Lipinski definition) is 3. The lowest BCUT2D eigenvalue weighted by molar-refractivity contribution is -0.149. The molecule has 0 N–H and O–H groups in total. The molecule has 29 heavy (non-hydrogen) atoms. The summed E-state index contributed by atoms with van der Waals surface area (Å²) in [5.74, 6) is 0.680. The fraction of sp³-hybridized carbons (Fsp3) is 0.440. The van der Waals surface area contributed by atoms with Crippen LogP contribution in [0.4, 0.5) is 0 Å². The topological polar surface area (TPSA) is 43.4 Å². The molecule has 1 unspecified atom stereocenters. The summed E-state index contributed by atoms with van der Waals surface area (Å²) in [7, 11) is 0. The molecule has 0 radical (unpaired) electrons. The number of benzene rings is 2. The van der Waals surface area contributed by atoms with Crippen molar-refractivity contribution < 1.29 is 14.3 Å². The van der Waals surface area contributed by atoms with Gasteiger partial charge in [-0.2, -0.15) is 0 Å². The minimum Gasteiger partial charge on any atom is -0.457 e. The van der Waals surface area contributed by atoms with Gasteiger partial charge in [-0.05, 0) is 72.2 Å². The van der Waals surface area contributed by atoms with Crippen LogP contribution in [0.1, 0.15) is 57.6 Å². The third kappa shape index (κ3) is 3.02.